The van der Waals surface area contributed by atoms with Crippen LogP contribution >= 0.6 is 11.3 Å². The maximum absolute atomic E-state index is 13.9. The fourth-order valence-electron chi connectivity index (χ4n) is 8.89. The van der Waals surface area contributed by atoms with Crippen LogP contribution in [0, 0.1) is 5.82 Å². The summed E-state index contributed by atoms with van der Waals surface area (Å²) in [7, 11) is 0. The Hall–Kier alpha value is -6.00. The molecule has 4 amide bonds. The number of rotatable bonds is 13. The highest BCUT2D eigenvalue weighted by atomic mass is 32.1. The van der Waals surface area contributed by atoms with E-state index in [9.17, 15) is 33.5 Å². The summed E-state index contributed by atoms with van der Waals surface area (Å²) in [6.07, 6.45) is 1.30. The van der Waals surface area contributed by atoms with E-state index in [0.29, 0.717) is 34.6 Å². The van der Waals surface area contributed by atoms with Gasteiger partial charge in [-0.05, 0) is 104 Å². The van der Waals surface area contributed by atoms with E-state index in [2.05, 4.69) is 24.9 Å². The van der Waals surface area contributed by atoms with Crippen LogP contribution in [0.3, 0.4) is 0 Å². The predicted octanol–water partition coefficient (Wildman–Crippen LogP) is 5.25. The van der Waals surface area contributed by atoms with Gasteiger partial charge >= 0.3 is 0 Å². The monoisotopic (exact) mass is 858 g/mol. The zero-order chi connectivity index (χ0) is 42.9. The summed E-state index contributed by atoms with van der Waals surface area (Å²) in [5, 5.41) is 13.1. The first-order chi connectivity index (χ1) is 30.1. The number of nitrogens with one attached hydrogen (secondary N) is 1. The Morgan fingerprint density at radius 2 is 1.42 bits per heavy atom. The second-order valence-corrected chi connectivity index (χ2v) is 17.3. The molecule has 0 spiro atoms. The number of ether oxygens (including phenoxy) is 1. The third-order valence-electron chi connectivity index (χ3n) is 12.4. The summed E-state index contributed by atoms with van der Waals surface area (Å²) in [4.78, 5) is 75.7. The molecule has 3 fully saturated rings. The molecular formula is C47H47FN6O7S. The van der Waals surface area contributed by atoms with Crippen LogP contribution in [0.1, 0.15) is 55.9 Å². The number of carbonyl (C=O) groups excluding carboxylic acids is 5. The topological polar surface area (TPSA) is 143 Å². The van der Waals surface area contributed by atoms with Crippen molar-refractivity contribution in [3.63, 3.8) is 0 Å². The molecule has 0 bridgehead atoms. The van der Waals surface area contributed by atoms with Gasteiger partial charge in [0.1, 0.15) is 30.0 Å². The molecule has 1 unspecified atom stereocenters. The van der Waals surface area contributed by atoms with Gasteiger partial charge < -0.3 is 19.6 Å². The maximum Gasteiger partial charge on any atom is 0.262 e. The quantitative estimate of drug-likeness (QED) is 0.118. The van der Waals surface area contributed by atoms with Crippen molar-refractivity contribution in [1.29, 1.82) is 0 Å². The number of aromatic hydroxyl groups is 1. The smallest absolute Gasteiger partial charge is 0.262 e. The lowest BCUT2D eigenvalue weighted by atomic mass is 9.97. The molecule has 13 nitrogen and oxygen atoms in total. The maximum atomic E-state index is 13.9. The van der Waals surface area contributed by atoms with Gasteiger partial charge in [-0.3, -0.25) is 44.0 Å². The summed E-state index contributed by atoms with van der Waals surface area (Å²) in [6, 6.07) is 22.6. The number of piperidine rings is 1. The third-order valence-corrected chi connectivity index (χ3v) is 13.6. The number of nitrogens with zero attached hydrogens (tertiary/aromatic N) is 5. The zero-order valence-electron chi connectivity index (χ0n) is 34.2. The van der Waals surface area contributed by atoms with Crippen molar-refractivity contribution in [2.45, 2.75) is 25.3 Å². The molecule has 4 aromatic carbocycles. The fraction of sp³-hybridized carbons (Fsp3) is 0.340. The molecule has 0 saturated carbocycles. The number of thiophene rings is 1. The fourth-order valence-corrected chi connectivity index (χ4v) is 10.1. The van der Waals surface area contributed by atoms with Crippen molar-refractivity contribution in [2.75, 3.05) is 83.5 Å². The summed E-state index contributed by atoms with van der Waals surface area (Å²) < 4.78 is 20.6. The minimum Gasteiger partial charge on any atom is -0.508 e. The van der Waals surface area contributed by atoms with Crippen LogP contribution in [0.25, 0.3) is 20.5 Å². The van der Waals surface area contributed by atoms with E-state index in [-0.39, 0.29) is 30.2 Å². The second-order valence-electron chi connectivity index (χ2n) is 16.2. The molecule has 3 saturated heterocycles. The van der Waals surface area contributed by atoms with E-state index in [0.717, 1.165) is 110 Å². The van der Waals surface area contributed by atoms with Gasteiger partial charge in [0.25, 0.3) is 11.8 Å². The molecule has 9 rings (SSSR count). The lowest BCUT2D eigenvalue weighted by Gasteiger charge is -2.37. The molecule has 4 aliphatic heterocycles. The average Bonchev–Trinajstić information content (AvgIpc) is 3.77. The van der Waals surface area contributed by atoms with Crippen molar-refractivity contribution >= 4 is 56.5 Å². The standard InChI is InChI=1S/C47H47FN6O7S/c48-32-6-2-31(3-7-32)44-42(37-13-9-34(55)29-40(37)62-44)43(57)30-4-10-35(11-5-30)61-27-26-52-20-18-50(19-21-52)16-1-17-51-22-24-53(25-23-51)33-8-12-36-38(28-33)47(60)54(46(36)59)39-14-15-41(56)49-45(39)58/h2-13,28-29,39,55H,1,14-27H2,(H,49,56,58). The lowest BCUT2D eigenvalue weighted by molar-refractivity contribution is -0.136. The van der Waals surface area contributed by atoms with E-state index in [1.54, 1.807) is 54.6 Å². The summed E-state index contributed by atoms with van der Waals surface area (Å²) in [5.74, 6) is -1.67. The molecule has 62 heavy (non-hydrogen) atoms. The summed E-state index contributed by atoms with van der Waals surface area (Å²) in [6.45, 7) is 10.7. The number of fused-ring (bicyclic) bond motifs is 2. The Morgan fingerprint density at radius 3 is 2.11 bits per heavy atom. The van der Waals surface area contributed by atoms with Crippen LogP contribution in [0.5, 0.6) is 11.5 Å². The number of amides is 4. The van der Waals surface area contributed by atoms with E-state index in [1.165, 1.54) is 23.5 Å². The van der Waals surface area contributed by atoms with Crippen LogP contribution in [-0.4, -0.2) is 139 Å². The van der Waals surface area contributed by atoms with Crippen LogP contribution in [0.4, 0.5) is 10.1 Å². The minimum atomic E-state index is -0.973. The van der Waals surface area contributed by atoms with Crippen molar-refractivity contribution < 1.29 is 38.2 Å². The van der Waals surface area contributed by atoms with Gasteiger partial charge in [0.05, 0.1) is 11.1 Å². The van der Waals surface area contributed by atoms with Gasteiger partial charge in [0, 0.05) is 97.1 Å². The van der Waals surface area contributed by atoms with Crippen LogP contribution in [0.2, 0.25) is 0 Å². The van der Waals surface area contributed by atoms with Gasteiger partial charge in [-0.1, -0.05) is 12.1 Å². The molecule has 4 aliphatic rings. The Balaban J connectivity index is 0.688. The number of phenolic OH excluding ortho intramolecular Hbond substituents is 1. The van der Waals surface area contributed by atoms with E-state index < -0.39 is 29.7 Å². The van der Waals surface area contributed by atoms with Crippen molar-refractivity contribution in [3.8, 4) is 21.9 Å². The number of anilines is 1. The first-order valence-corrected chi connectivity index (χ1v) is 22.0. The SMILES string of the molecule is O=C1CCC(N2C(=O)c3ccc(N4CCN(CCCN5CCN(CCOc6ccc(C(=O)c7c(-c8ccc(F)cc8)sc8cc(O)ccc78)cc6)CC5)CC4)cc3C2=O)C(=O)N1. The van der Waals surface area contributed by atoms with Crippen molar-refractivity contribution in [3.05, 3.63) is 113 Å². The highest BCUT2D eigenvalue weighted by Gasteiger charge is 2.45. The molecule has 2 N–H and O–H groups in total. The molecule has 0 radical (unpaired) electrons. The number of halogens is 1. The number of hydrogen-bond acceptors (Lipinski definition) is 12. The normalized spacial score (nSPS) is 19.0. The highest BCUT2D eigenvalue weighted by Crippen LogP contribution is 2.41. The number of benzene rings is 4. The largest absolute Gasteiger partial charge is 0.508 e. The summed E-state index contributed by atoms with van der Waals surface area (Å²) in [5.41, 5.74) is 3.27. The molecule has 0 aliphatic carbocycles. The summed E-state index contributed by atoms with van der Waals surface area (Å²) >= 11 is 1.40. The molecule has 1 aromatic heterocycles. The Bertz CT molecular complexity index is 2530. The molecule has 320 valence electrons. The Kier molecular flexibility index (Phi) is 11.9. The van der Waals surface area contributed by atoms with E-state index in [1.807, 2.05) is 18.2 Å². The first-order valence-electron chi connectivity index (χ1n) is 21.2. The van der Waals surface area contributed by atoms with E-state index >= 15 is 0 Å². The second kappa shape index (κ2) is 17.8. The Morgan fingerprint density at radius 1 is 0.758 bits per heavy atom. The van der Waals surface area contributed by atoms with Crippen LogP contribution in [0.15, 0.2) is 84.9 Å². The number of piperazine rings is 2. The first kappa shape index (κ1) is 41.4. The van der Waals surface area contributed by atoms with Crippen LogP contribution in [-0.2, 0) is 9.59 Å². The van der Waals surface area contributed by atoms with E-state index in [4.69, 9.17) is 4.74 Å². The Labute approximate surface area is 362 Å². The van der Waals surface area contributed by atoms with Gasteiger partial charge in [-0.15, -0.1) is 11.3 Å². The van der Waals surface area contributed by atoms with Crippen molar-refractivity contribution in [2.24, 2.45) is 0 Å². The molecular weight excluding hydrogens is 812 g/mol. The van der Waals surface area contributed by atoms with Gasteiger partial charge in [-0.2, -0.15) is 0 Å². The van der Waals surface area contributed by atoms with Gasteiger partial charge in [0.15, 0.2) is 5.78 Å². The highest BCUT2D eigenvalue weighted by molar-refractivity contribution is 7.22. The molecule has 15 heteroatoms. The van der Waals surface area contributed by atoms with Crippen molar-refractivity contribution in [1.82, 2.24) is 24.9 Å². The lowest BCUT2D eigenvalue weighted by Crippen LogP contribution is -2.54. The predicted molar refractivity (Wildman–Crippen MR) is 234 cm³/mol. The number of imide groups is 2. The van der Waals surface area contributed by atoms with Gasteiger partial charge in [0.2, 0.25) is 11.8 Å². The van der Waals surface area contributed by atoms with Crippen LogP contribution < -0.4 is 15.0 Å². The average molecular weight is 859 g/mol. The zero-order valence-corrected chi connectivity index (χ0v) is 35.0. The molecule has 5 heterocycles. The minimum absolute atomic E-state index is 0.0907. The van der Waals surface area contributed by atoms with Gasteiger partial charge in [-0.25, -0.2) is 4.39 Å². The number of phenols is 1. The molecule has 1 atom stereocenters. The number of carbonyl (C=O) groups is 5. The number of hydrogen-bond donors (Lipinski definition) is 2. The third kappa shape index (κ3) is 8.58. The molecule has 5 aromatic rings. The number of ketones is 1.